The van der Waals surface area contributed by atoms with E-state index in [1.807, 2.05) is 12.1 Å². The molecule has 1 aliphatic heterocycles. The van der Waals surface area contributed by atoms with E-state index in [0.29, 0.717) is 6.04 Å². The van der Waals surface area contributed by atoms with E-state index in [9.17, 15) is 4.79 Å². The van der Waals surface area contributed by atoms with Crippen molar-refractivity contribution in [3.05, 3.63) is 29.8 Å². The Morgan fingerprint density at radius 2 is 2.22 bits per heavy atom. The molecule has 1 aromatic carbocycles. The summed E-state index contributed by atoms with van der Waals surface area (Å²) in [5.41, 5.74) is 2.38. The molecule has 18 heavy (non-hydrogen) atoms. The van der Waals surface area contributed by atoms with Gasteiger partial charge in [0.2, 0.25) is 5.91 Å². The Morgan fingerprint density at radius 1 is 1.44 bits per heavy atom. The first-order chi connectivity index (χ1) is 8.70. The number of rotatable bonds is 4. The number of amides is 1. The number of carbonyl (C=O) groups is 1. The quantitative estimate of drug-likeness (QED) is 0.856. The summed E-state index contributed by atoms with van der Waals surface area (Å²) < 4.78 is 0. The summed E-state index contributed by atoms with van der Waals surface area (Å²) in [7, 11) is 0. The minimum Gasteiger partial charge on any atom is -0.382 e. The maximum atomic E-state index is 11.3. The predicted octanol–water partition coefficient (Wildman–Crippen LogP) is 3.24. The van der Waals surface area contributed by atoms with Gasteiger partial charge in [0.25, 0.3) is 0 Å². The number of anilines is 1. The van der Waals surface area contributed by atoms with Crippen molar-refractivity contribution in [1.82, 2.24) is 5.32 Å². The first-order valence-corrected chi connectivity index (χ1v) is 6.83. The molecule has 0 saturated carbocycles. The fourth-order valence-corrected chi connectivity index (χ4v) is 2.65. The van der Waals surface area contributed by atoms with E-state index < -0.39 is 0 Å². The summed E-state index contributed by atoms with van der Waals surface area (Å²) in [5.74, 6) is 0.0472. The Kier molecular flexibility index (Phi) is 4.24. The second-order valence-electron chi connectivity index (χ2n) is 5.06. The first-order valence-electron chi connectivity index (χ1n) is 6.83. The van der Waals surface area contributed by atoms with Crippen LogP contribution in [-0.2, 0) is 4.79 Å². The molecule has 1 aromatic rings. The molecular formula is C15H22N2O. The summed E-state index contributed by atoms with van der Waals surface area (Å²) >= 11 is 0. The second kappa shape index (κ2) is 5.89. The van der Waals surface area contributed by atoms with Crippen LogP contribution in [0.1, 0.15) is 51.1 Å². The summed E-state index contributed by atoms with van der Waals surface area (Å²) in [4.78, 5) is 11.3. The van der Waals surface area contributed by atoms with Crippen LogP contribution in [0.25, 0.3) is 0 Å². The number of unbranched alkanes of at least 4 members (excludes halogenated alkanes) is 1. The number of hydrogen-bond acceptors (Lipinski definition) is 2. The van der Waals surface area contributed by atoms with Crippen molar-refractivity contribution in [2.75, 3.05) is 5.32 Å². The standard InChI is InChI=1S/C15H22N2O/c1-3-4-7-12-10-15(16-11(2)18)13-8-5-6-9-14(13)17-12/h5-6,8-9,12,15,17H,3-4,7,10H2,1-2H3,(H,16,18)/t12-,15+/m1/s1. The Morgan fingerprint density at radius 3 is 2.94 bits per heavy atom. The third-order valence-corrected chi connectivity index (χ3v) is 3.50. The number of fused-ring (bicyclic) bond motifs is 1. The SMILES string of the molecule is CCCC[C@@H]1C[C@H](NC(C)=O)c2ccccc2N1. The van der Waals surface area contributed by atoms with Crippen LogP contribution >= 0.6 is 0 Å². The zero-order chi connectivity index (χ0) is 13.0. The molecule has 2 N–H and O–H groups in total. The Balaban J connectivity index is 2.15. The van der Waals surface area contributed by atoms with E-state index in [0.717, 1.165) is 6.42 Å². The lowest BCUT2D eigenvalue weighted by atomic mass is 9.90. The highest BCUT2D eigenvalue weighted by Crippen LogP contribution is 2.33. The normalized spacial score (nSPS) is 21.9. The topological polar surface area (TPSA) is 41.1 Å². The highest BCUT2D eigenvalue weighted by molar-refractivity contribution is 5.74. The molecule has 2 atom stereocenters. The van der Waals surface area contributed by atoms with Crippen LogP contribution in [0.3, 0.4) is 0 Å². The average Bonchev–Trinajstić information content (AvgIpc) is 2.35. The lowest BCUT2D eigenvalue weighted by Crippen LogP contribution is -2.36. The number of carbonyl (C=O) groups excluding carboxylic acids is 1. The molecule has 1 aliphatic rings. The van der Waals surface area contributed by atoms with Crippen LogP contribution in [0.2, 0.25) is 0 Å². The zero-order valence-corrected chi connectivity index (χ0v) is 11.2. The van der Waals surface area contributed by atoms with Gasteiger partial charge >= 0.3 is 0 Å². The molecule has 0 radical (unpaired) electrons. The van der Waals surface area contributed by atoms with Gasteiger partial charge in [0, 0.05) is 18.7 Å². The second-order valence-corrected chi connectivity index (χ2v) is 5.06. The lowest BCUT2D eigenvalue weighted by molar-refractivity contribution is -0.119. The Bertz CT molecular complexity index is 417. The maximum Gasteiger partial charge on any atom is 0.217 e. The van der Waals surface area contributed by atoms with Gasteiger partial charge in [0.05, 0.1) is 6.04 Å². The number of nitrogens with one attached hydrogen (secondary N) is 2. The molecular weight excluding hydrogens is 224 g/mol. The van der Waals surface area contributed by atoms with Gasteiger partial charge in [0.15, 0.2) is 0 Å². The van der Waals surface area contributed by atoms with Crippen LogP contribution < -0.4 is 10.6 Å². The number of para-hydroxylation sites is 1. The molecule has 0 spiro atoms. The van der Waals surface area contributed by atoms with Crippen LogP contribution in [0.15, 0.2) is 24.3 Å². The van der Waals surface area contributed by atoms with Gasteiger partial charge < -0.3 is 10.6 Å². The van der Waals surface area contributed by atoms with Gasteiger partial charge in [-0.25, -0.2) is 0 Å². The monoisotopic (exact) mass is 246 g/mol. The van der Waals surface area contributed by atoms with Crippen LogP contribution in [-0.4, -0.2) is 11.9 Å². The third-order valence-electron chi connectivity index (χ3n) is 3.50. The van der Waals surface area contributed by atoms with Crippen LogP contribution in [0.5, 0.6) is 0 Å². The molecule has 0 bridgehead atoms. The highest BCUT2D eigenvalue weighted by atomic mass is 16.1. The molecule has 0 unspecified atom stereocenters. The summed E-state index contributed by atoms with van der Waals surface area (Å²) in [6.07, 6.45) is 4.59. The van der Waals surface area contributed by atoms with Crippen molar-refractivity contribution >= 4 is 11.6 Å². The molecule has 2 rings (SSSR count). The number of hydrogen-bond donors (Lipinski definition) is 2. The molecule has 3 heteroatoms. The maximum absolute atomic E-state index is 11.3. The summed E-state index contributed by atoms with van der Waals surface area (Å²) in [5, 5.41) is 6.65. The van der Waals surface area contributed by atoms with Crippen molar-refractivity contribution < 1.29 is 4.79 Å². The molecule has 1 heterocycles. The summed E-state index contributed by atoms with van der Waals surface area (Å²) in [6.45, 7) is 3.80. The Hall–Kier alpha value is -1.51. The lowest BCUT2D eigenvalue weighted by Gasteiger charge is -2.33. The molecule has 98 valence electrons. The highest BCUT2D eigenvalue weighted by Gasteiger charge is 2.26. The van der Waals surface area contributed by atoms with Crippen LogP contribution in [0.4, 0.5) is 5.69 Å². The van der Waals surface area contributed by atoms with E-state index in [1.54, 1.807) is 6.92 Å². The van der Waals surface area contributed by atoms with Crippen molar-refractivity contribution in [2.24, 2.45) is 0 Å². The average molecular weight is 246 g/mol. The fraction of sp³-hybridized carbons (Fsp3) is 0.533. The largest absolute Gasteiger partial charge is 0.382 e. The van der Waals surface area contributed by atoms with E-state index in [2.05, 4.69) is 29.7 Å². The van der Waals surface area contributed by atoms with E-state index in [-0.39, 0.29) is 11.9 Å². The minimum atomic E-state index is 0.0472. The van der Waals surface area contributed by atoms with E-state index in [4.69, 9.17) is 0 Å². The minimum absolute atomic E-state index is 0.0472. The summed E-state index contributed by atoms with van der Waals surface area (Å²) in [6, 6.07) is 8.89. The smallest absolute Gasteiger partial charge is 0.217 e. The van der Waals surface area contributed by atoms with Gasteiger partial charge in [-0.2, -0.15) is 0 Å². The van der Waals surface area contributed by atoms with Crippen molar-refractivity contribution in [1.29, 1.82) is 0 Å². The third kappa shape index (κ3) is 3.03. The van der Waals surface area contributed by atoms with E-state index in [1.165, 1.54) is 30.5 Å². The van der Waals surface area contributed by atoms with Crippen molar-refractivity contribution in [3.8, 4) is 0 Å². The molecule has 0 aliphatic carbocycles. The van der Waals surface area contributed by atoms with Crippen LogP contribution in [0, 0.1) is 0 Å². The van der Waals surface area contributed by atoms with Gasteiger partial charge in [-0.1, -0.05) is 38.0 Å². The molecule has 0 aromatic heterocycles. The van der Waals surface area contributed by atoms with Gasteiger partial charge in [-0.3, -0.25) is 4.79 Å². The van der Waals surface area contributed by atoms with Crippen molar-refractivity contribution in [3.63, 3.8) is 0 Å². The molecule has 0 fully saturated rings. The fourth-order valence-electron chi connectivity index (χ4n) is 2.65. The molecule has 3 nitrogen and oxygen atoms in total. The Labute approximate surface area is 109 Å². The zero-order valence-electron chi connectivity index (χ0n) is 11.2. The predicted molar refractivity (Wildman–Crippen MR) is 74.6 cm³/mol. The molecule has 1 amide bonds. The van der Waals surface area contributed by atoms with Gasteiger partial charge in [-0.05, 0) is 24.5 Å². The molecule has 0 saturated heterocycles. The first kappa shape index (κ1) is 12.9. The van der Waals surface area contributed by atoms with E-state index >= 15 is 0 Å². The van der Waals surface area contributed by atoms with Crippen molar-refractivity contribution in [2.45, 2.75) is 51.6 Å². The van der Waals surface area contributed by atoms with Gasteiger partial charge in [-0.15, -0.1) is 0 Å². The van der Waals surface area contributed by atoms with Gasteiger partial charge in [0.1, 0.15) is 0 Å². The number of benzene rings is 1.